The number of halogens is 2. The van der Waals surface area contributed by atoms with Crippen LogP contribution in [0.3, 0.4) is 0 Å². The van der Waals surface area contributed by atoms with Crippen LogP contribution < -0.4 is 5.73 Å². The van der Waals surface area contributed by atoms with Gasteiger partial charge in [0.15, 0.2) is 9.84 Å². The lowest BCUT2D eigenvalue weighted by molar-refractivity contribution is 0.587. The molecule has 0 amide bonds. The number of hydrogen-bond acceptors (Lipinski definition) is 3. The lowest BCUT2D eigenvalue weighted by Crippen LogP contribution is -2.08. The van der Waals surface area contributed by atoms with Crippen molar-refractivity contribution in [3.05, 3.63) is 58.9 Å². The van der Waals surface area contributed by atoms with Crippen LogP contribution in [0.1, 0.15) is 5.56 Å². The van der Waals surface area contributed by atoms with E-state index in [4.69, 9.17) is 17.3 Å². The van der Waals surface area contributed by atoms with E-state index in [1.54, 1.807) is 0 Å². The summed E-state index contributed by atoms with van der Waals surface area (Å²) in [6.45, 7) is 0. The summed E-state index contributed by atoms with van der Waals surface area (Å²) in [5, 5.41) is 0.435. The number of rotatable bonds is 3. The van der Waals surface area contributed by atoms with Gasteiger partial charge in [-0.25, -0.2) is 12.8 Å². The number of nitrogens with two attached hydrogens (primary N) is 1. The van der Waals surface area contributed by atoms with E-state index in [1.807, 2.05) is 0 Å². The number of sulfone groups is 1. The maximum absolute atomic E-state index is 13.6. The molecule has 0 heterocycles. The minimum atomic E-state index is -3.65. The Labute approximate surface area is 115 Å². The topological polar surface area (TPSA) is 60.2 Å². The molecule has 19 heavy (non-hydrogen) atoms. The summed E-state index contributed by atoms with van der Waals surface area (Å²) in [5.41, 5.74) is 5.71. The standard InChI is InChI=1S/C13H11ClFNO2S/c14-9-4-6-10(7-5-9)19(17,18)8-11-12(15)2-1-3-13(11)16/h1-7H,8,16H2. The molecule has 0 fully saturated rings. The molecule has 2 rings (SSSR count). The molecule has 0 unspecified atom stereocenters. The highest BCUT2D eigenvalue weighted by Crippen LogP contribution is 2.23. The SMILES string of the molecule is Nc1cccc(F)c1CS(=O)(=O)c1ccc(Cl)cc1. The molecule has 0 spiro atoms. The molecule has 2 aromatic rings. The first-order valence-electron chi connectivity index (χ1n) is 5.41. The van der Waals surface area contributed by atoms with Gasteiger partial charge in [-0.3, -0.25) is 0 Å². The van der Waals surface area contributed by atoms with E-state index in [2.05, 4.69) is 0 Å². The van der Waals surface area contributed by atoms with Gasteiger partial charge in [-0.05, 0) is 36.4 Å². The van der Waals surface area contributed by atoms with Gasteiger partial charge in [0, 0.05) is 16.3 Å². The maximum atomic E-state index is 13.6. The van der Waals surface area contributed by atoms with Crippen LogP contribution in [0, 0.1) is 5.82 Å². The zero-order valence-electron chi connectivity index (χ0n) is 9.81. The summed E-state index contributed by atoms with van der Waals surface area (Å²) in [6, 6.07) is 9.80. The first-order chi connectivity index (χ1) is 8.90. The van der Waals surface area contributed by atoms with Gasteiger partial charge < -0.3 is 5.73 Å². The molecule has 0 radical (unpaired) electrons. The quantitative estimate of drug-likeness (QED) is 0.886. The van der Waals surface area contributed by atoms with Gasteiger partial charge >= 0.3 is 0 Å². The fraction of sp³-hybridized carbons (Fsp3) is 0.0769. The second-order valence-electron chi connectivity index (χ2n) is 4.02. The zero-order chi connectivity index (χ0) is 14.0. The molecule has 2 N–H and O–H groups in total. The Morgan fingerprint density at radius 3 is 2.32 bits per heavy atom. The van der Waals surface area contributed by atoms with E-state index in [9.17, 15) is 12.8 Å². The van der Waals surface area contributed by atoms with E-state index in [-0.39, 0.29) is 16.1 Å². The van der Waals surface area contributed by atoms with Crippen molar-refractivity contribution in [1.29, 1.82) is 0 Å². The first kappa shape index (κ1) is 13.8. The Morgan fingerprint density at radius 2 is 1.74 bits per heavy atom. The van der Waals surface area contributed by atoms with Crippen molar-refractivity contribution in [2.45, 2.75) is 10.6 Å². The van der Waals surface area contributed by atoms with Gasteiger partial charge in [-0.1, -0.05) is 17.7 Å². The second kappa shape index (κ2) is 5.19. The van der Waals surface area contributed by atoms with Crippen LogP contribution in [0.25, 0.3) is 0 Å². The third-order valence-electron chi connectivity index (χ3n) is 2.66. The lowest BCUT2D eigenvalue weighted by atomic mass is 10.2. The van der Waals surface area contributed by atoms with Crippen molar-refractivity contribution in [3.63, 3.8) is 0 Å². The highest BCUT2D eigenvalue weighted by molar-refractivity contribution is 7.90. The molecule has 0 aliphatic heterocycles. The summed E-state index contributed by atoms with van der Waals surface area (Å²) < 4.78 is 37.9. The first-order valence-corrected chi connectivity index (χ1v) is 7.44. The van der Waals surface area contributed by atoms with Crippen molar-refractivity contribution < 1.29 is 12.8 Å². The Kier molecular flexibility index (Phi) is 3.78. The molecule has 0 bridgehead atoms. The Morgan fingerprint density at radius 1 is 1.11 bits per heavy atom. The largest absolute Gasteiger partial charge is 0.398 e. The molecule has 2 aromatic carbocycles. The normalized spacial score (nSPS) is 11.5. The summed E-state index contributed by atoms with van der Waals surface area (Å²) in [6.07, 6.45) is 0. The van der Waals surface area contributed by atoms with Gasteiger partial charge in [-0.2, -0.15) is 0 Å². The van der Waals surface area contributed by atoms with Crippen molar-refractivity contribution in [2.75, 3.05) is 5.73 Å². The monoisotopic (exact) mass is 299 g/mol. The van der Waals surface area contributed by atoms with E-state index in [0.717, 1.165) is 0 Å². The van der Waals surface area contributed by atoms with Gasteiger partial charge in [0.2, 0.25) is 0 Å². The molecule has 3 nitrogen and oxygen atoms in total. The highest BCUT2D eigenvalue weighted by Gasteiger charge is 2.19. The predicted octanol–water partition coefficient (Wildman–Crippen LogP) is 3.04. The summed E-state index contributed by atoms with van der Waals surface area (Å²) in [5.74, 6) is -1.11. The highest BCUT2D eigenvalue weighted by atomic mass is 35.5. The van der Waals surface area contributed by atoms with E-state index in [0.29, 0.717) is 5.02 Å². The molecule has 0 aliphatic rings. The number of benzene rings is 2. The molecule has 0 saturated carbocycles. The predicted molar refractivity (Wildman–Crippen MR) is 73.2 cm³/mol. The van der Waals surface area contributed by atoms with Crippen LogP contribution in [0.5, 0.6) is 0 Å². The molecule has 0 aliphatic carbocycles. The lowest BCUT2D eigenvalue weighted by Gasteiger charge is -2.08. The number of nitrogen functional groups attached to an aromatic ring is 1. The average Bonchev–Trinajstić information content (AvgIpc) is 2.35. The van der Waals surface area contributed by atoms with Crippen LogP contribution in [0.15, 0.2) is 47.4 Å². The molecular weight excluding hydrogens is 289 g/mol. The van der Waals surface area contributed by atoms with E-state index < -0.39 is 21.4 Å². The number of anilines is 1. The van der Waals surface area contributed by atoms with Gasteiger partial charge in [-0.15, -0.1) is 0 Å². The Hall–Kier alpha value is -1.59. The van der Waals surface area contributed by atoms with Crippen LogP contribution in [0.2, 0.25) is 5.02 Å². The molecule has 6 heteroatoms. The zero-order valence-corrected chi connectivity index (χ0v) is 11.4. The third-order valence-corrected chi connectivity index (χ3v) is 4.57. The van der Waals surface area contributed by atoms with Crippen LogP contribution in [0.4, 0.5) is 10.1 Å². The summed E-state index contributed by atoms with van der Waals surface area (Å²) in [4.78, 5) is 0.0829. The maximum Gasteiger partial charge on any atom is 0.182 e. The fourth-order valence-electron chi connectivity index (χ4n) is 1.64. The Balaban J connectivity index is 2.39. The minimum absolute atomic E-state index is 0.0162. The van der Waals surface area contributed by atoms with Gasteiger partial charge in [0.25, 0.3) is 0 Å². The van der Waals surface area contributed by atoms with Crippen LogP contribution >= 0.6 is 11.6 Å². The molecule has 100 valence electrons. The second-order valence-corrected chi connectivity index (χ2v) is 6.45. The van der Waals surface area contributed by atoms with Crippen LogP contribution in [-0.4, -0.2) is 8.42 Å². The average molecular weight is 300 g/mol. The molecule has 0 atom stereocenters. The van der Waals surface area contributed by atoms with Crippen molar-refractivity contribution in [2.24, 2.45) is 0 Å². The van der Waals surface area contributed by atoms with Gasteiger partial charge in [0.05, 0.1) is 10.6 Å². The summed E-state index contributed by atoms with van der Waals surface area (Å²) in [7, 11) is -3.65. The number of hydrogen-bond donors (Lipinski definition) is 1. The smallest absolute Gasteiger partial charge is 0.182 e. The fourth-order valence-corrected chi connectivity index (χ4v) is 3.17. The van der Waals surface area contributed by atoms with Crippen molar-refractivity contribution in [1.82, 2.24) is 0 Å². The third kappa shape index (κ3) is 3.05. The van der Waals surface area contributed by atoms with E-state index >= 15 is 0 Å². The minimum Gasteiger partial charge on any atom is -0.398 e. The van der Waals surface area contributed by atoms with Crippen LogP contribution in [-0.2, 0) is 15.6 Å². The molecule has 0 aromatic heterocycles. The van der Waals surface area contributed by atoms with Gasteiger partial charge in [0.1, 0.15) is 5.82 Å². The van der Waals surface area contributed by atoms with Crippen molar-refractivity contribution in [3.8, 4) is 0 Å². The Bertz CT molecular complexity index is 679. The van der Waals surface area contributed by atoms with Crippen molar-refractivity contribution >= 4 is 27.1 Å². The van der Waals surface area contributed by atoms with E-state index in [1.165, 1.54) is 42.5 Å². The summed E-state index contributed by atoms with van der Waals surface area (Å²) >= 11 is 5.70. The molecular formula is C13H11ClFNO2S. The molecule has 0 saturated heterocycles.